The molecule has 0 atom stereocenters. The van der Waals surface area contributed by atoms with Gasteiger partial charge in [-0.2, -0.15) is 5.10 Å². The number of H-pyrrole nitrogens is 1. The number of rotatable bonds is 3. The van der Waals surface area contributed by atoms with Crippen LogP contribution in [0.3, 0.4) is 0 Å². The summed E-state index contributed by atoms with van der Waals surface area (Å²) in [4.78, 5) is 3.72. The average molecular weight is 292 g/mol. The first-order valence-electron chi connectivity index (χ1n) is 5.63. The van der Waals surface area contributed by atoms with Gasteiger partial charge in [-0.25, -0.2) is 12.8 Å². The minimum atomic E-state index is -3.85. The van der Waals surface area contributed by atoms with Crippen LogP contribution in [-0.2, 0) is 10.0 Å². The van der Waals surface area contributed by atoms with Gasteiger partial charge in [0, 0.05) is 12.4 Å². The van der Waals surface area contributed by atoms with Gasteiger partial charge in [-0.1, -0.05) is 6.07 Å². The van der Waals surface area contributed by atoms with Crippen molar-refractivity contribution in [1.82, 2.24) is 15.2 Å². The summed E-state index contributed by atoms with van der Waals surface area (Å²) in [5, 5.41) is 6.46. The molecule has 1 aromatic carbocycles. The Bertz CT molecular complexity index is 862. The molecule has 0 saturated carbocycles. The monoisotopic (exact) mass is 292 g/mol. The van der Waals surface area contributed by atoms with Crippen molar-refractivity contribution < 1.29 is 12.8 Å². The second kappa shape index (κ2) is 4.57. The second-order valence-corrected chi connectivity index (χ2v) is 5.71. The molecule has 0 spiro atoms. The number of hydrogen-bond acceptors (Lipinski definition) is 4. The van der Waals surface area contributed by atoms with Crippen LogP contribution in [0.15, 0.2) is 47.6 Å². The molecular formula is C12H9FN4O2S. The quantitative estimate of drug-likeness (QED) is 0.771. The minimum absolute atomic E-state index is 0.0208. The molecule has 0 amide bonds. The van der Waals surface area contributed by atoms with E-state index in [2.05, 4.69) is 19.9 Å². The van der Waals surface area contributed by atoms with E-state index >= 15 is 0 Å². The largest absolute Gasteiger partial charge is 0.276 e. The van der Waals surface area contributed by atoms with E-state index in [-0.39, 0.29) is 16.1 Å². The van der Waals surface area contributed by atoms with E-state index in [1.165, 1.54) is 36.7 Å². The third-order valence-electron chi connectivity index (χ3n) is 2.71. The molecule has 0 saturated heterocycles. The maximum atomic E-state index is 13.8. The lowest BCUT2D eigenvalue weighted by Crippen LogP contribution is -2.13. The van der Waals surface area contributed by atoms with Crippen molar-refractivity contribution in [1.29, 1.82) is 0 Å². The predicted molar refractivity (Wildman–Crippen MR) is 71.1 cm³/mol. The van der Waals surface area contributed by atoms with Crippen molar-refractivity contribution in [2.24, 2.45) is 0 Å². The molecule has 102 valence electrons. The SMILES string of the molecule is O=S(=O)(Nc1n[nH]c2cccc(F)c12)c1cccnc1. The molecule has 0 aliphatic rings. The highest BCUT2D eigenvalue weighted by Crippen LogP contribution is 2.25. The standard InChI is InChI=1S/C12H9FN4O2S/c13-9-4-1-5-10-11(9)12(16-15-10)17-20(18,19)8-3-2-6-14-7-8/h1-7H,(H2,15,16,17). The van der Waals surface area contributed by atoms with Crippen LogP contribution in [0.5, 0.6) is 0 Å². The molecular weight excluding hydrogens is 283 g/mol. The zero-order valence-electron chi connectivity index (χ0n) is 10.0. The summed E-state index contributed by atoms with van der Waals surface area (Å²) < 4.78 is 40.3. The van der Waals surface area contributed by atoms with E-state index in [9.17, 15) is 12.8 Å². The fourth-order valence-corrected chi connectivity index (χ4v) is 2.77. The van der Waals surface area contributed by atoms with Crippen LogP contribution in [0, 0.1) is 5.82 Å². The van der Waals surface area contributed by atoms with E-state index in [1.807, 2.05) is 0 Å². The topological polar surface area (TPSA) is 87.7 Å². The van der Waals surface area contributed by atoms with Gasteiger partial charge < -0.3 is 0 Å². The predicted octanol–water partition coefficient (Wildman–Crippen LogP) is 1.90. The maximum Gasteiger partial charge on any atom is 0.264 e. The Morgan fingerprint density at radius 1 is 1.20 bits per heavy atom. The Hall–Kier alpha value is -2.48. The lowest BCUT2D eigenvalue weighted by molar-refractivity contribution is 0.600. The van der Waals surface area contributed by atoms with Gasteiger partial charge in [0.05, 0.1) is 10.9 Å². The Morgan fingerprint density at radius 3 is 2.80 bits per heavy atom. The summed E-state index contributed by atoms with van der Waals surface area (Å²) in [6, 6.07) is 7.24. The van der Waals surface area contributed by atoms with Crippen LogP contribution in [0.2, 0.25) is 0 Å². The van der Waals surface area contributed by atoms with E-state index in [4.69, 9.17) is 0 Å². The highest BCUT2D eigenvalue weighted by molar-refractivity contribution is 7.92. The molecule has 0 radical (unpaired) electrons. The molecule has 0 aliphatic carbocycles. The zero-order chi connectivity index (χ0) is 14.2. The number of aromatic nitrogens is 3. The number of sulfonamides is 1. The van der Waals surface area contributed by atoms with Gasteiger partial charge in [0.25, 0.3) is 10.0 Å². The van der Waals surface area contributed by atoms with Gasteiger partial charge in [-0.05, 0) is 24.3 Å². The van der Waals surface area contributed by atoms with Crippen LogP contribution < -0.4 is 4.72 Å². The van der Waals surface area contributed by atoms with Crippen molar-refractivity contribution in [3.8, 4) is 0 Å². The first-order valence-corrected chi connectivity index (χ1v) is 7.12. The number of anilines is 1. The number of hydrogen-bond donors (Lipinski definition) is 2. The molecule has 2 heterocycles. The molecule has 3 rings (SSSR count). The highest BCUT2D eigenvalue weighted by atomic mass is 32.2. The molecule has 3 aromatic rings. The lowest BCUT2D eigenvalue weighted by Gasteiger charge is -2.05. The molecule has 0 fully saturated rings. The molecule has 20 heavy (non-hydrogen) atoms. The Balaban J connectivity index is 2.06. The first kappa shape index (κ1) is 12.5. The molecule has 0 bridgehead atoms. The lowest BCUT2D eigenvalue weighted by atomic mass is 10.2. The zero-order valence-corrected chi connectivity index (χ0v) is 10.9. The molecule has 2 N–H and O–H groups in total. The van der Waals surface area contributed by atoms with Crippen LogP contribution >= 0.6 is 0 Å². The third kappa shape index (κ3) is 2.10. The number of aromatic amines is 1. The van der Waals surface area contributed by atoms with E-state index in [0.29, 0.717) is 5.52 Å². The Kier molecular flexibility index (Phi) is 2.87. The average Bonchev–Trinajstić information content (AvgIpc) is 2.84. The Labute approximate surface area is 113 Å². The number of pyridine rings is 1. The molecule has 8 heteroatoms. The second-order valence-electron chi connectivity index (χ2n) is 4.03. The summed E-state index contributed by atoms with van der Waals surface area (Å²) in [6.07, 6.45) is 2.66. The van der Waals surface area contributed by atoms with Crippen molar-refractivity contribution in [2.75, 3.05) is 4.72 Å². The fraction of sp³-hybridized carbons (Fsp3) is 0. The van der Waals surface area contributed by atoms with E-state index in [1.54, 1.807) is 6.07 Å². The van der Waals surface area contributed by atoms with E-state index < -0.39 is 15.8 Å². The van der Waals surface area contributed by atoms with Gasteiger partial charge in [0.1, 0.15) is 10.7 Å². The van der Waals surface area contributed by atoms with Crippen LogP contribution in [0.25, 0.3) is 10.9 Å². The number of fused-ring (bicyclic) bond motifs is 1. The molecule has 6 nitrogen and oxygen atoms in total. The summed E-state index contributed by atoms with van der Waals surface area (Å²) in [7, 11) is -3.85. The number of nitrogens with one attached hydrogen (secondary N) is 2. The summed E-state index contributed by atoms with van der Waals surface area (Å²) in [6.45, 7) is 0. The Morgan fingerprint density at radius 2 is 2.05 bits per heavy atom. The van der Waals surface area contributed by atoms with Crippen LogP contribution in [0.1, 0.15) is 0 Å². The maximum absolute atomic E-state index is 13.8. The van der Waals surface area contributed by atoms with Crippen LogP contribution in [-0.4, -0.2) is 23.6 Å². The highest BCUT2D eigenvalue weighted by Gasteiger charge is 2.19. The summed E-state index contributed by atoms with van der Waals surface area (Å²) in [5.74, 6) is -0.637. The van der Waals surface area contributed by atoms with Crippen LogP contribution in [0.4, 0.5) is 10.2 Å². The fourth-order valence-electron chi connectivity index (χ4n) is 1.80. The van der Waals surface area contributed by atoms with Gasteiger partial charge in [0.15, 0.2) is 5.82 Å². The molecule has 0 unspecified atom stereocenters. The summed E-state index contributed by atoms with van der Waals surface area (Å²) >= 11 is 0. The van der Waals surface area contributed by atoms with Gasteiger partial charge in [0.2, 0.25) is 0 Å². The number of benzene rings is 1. The van der Waals surface area contributed by atoms with E-state index in [0.717, 1.165) is 0 Å². The van der Waals surface area contributed by atoms with Gasteiger partial charge >= 0.3 is 0 Å². The smallest absolute Gasteiger partial charge is 0.264 e. The number of halogens is 1. The summed E-state index contributed by atoms with van der Waals surface area (Å²) in [5.41, 5.74) is 0.411. The van der Waals surface area contributed by atoms with Gasteiger partial charge in [-0.15, -0.1) is 0 Å². The normalized spacial score (nSPS) is 11.7. The first-order chi connectivity index (χ1) is 9.58. The third-order valence-corrected chi connectivity index (χ3v) is 4.04. The van der Waals surface area contributed by atoms with Crippen molar-refractivity contribution in [3.63, 3.8) is 0 Å². The molecule has 0 aliphatic heterocycles. The van der Waals surface area contributed by atoms with Crippen molar-refractivity contribution >= 4 is 26.7 Å². The van der Waals surface area contributed by atoms with Gasteiger partial charge in [-0.3, -0.25) is 14.8 Å². The van der Waals surface area contributed by atoms with Crippen molar-refractivity contribution in [3.05, 3.63) is 48.5 Å². The van der Waals surface area contributed by atoms with Crippen molar-refractivity contribution in [2.45, 2.75) is 4.90 Å². The number of nitrogens with zero attached hydrogens (tertiary/aromatic N) is 2. The minimum Gasteiger partial charge on any atom is -0.276 e. The molecule has 2 aromatic heterocycles.